The van der Waals surface area contributed by atoms with Crippen molar-refractivity contribution < 1.29 is 9.53 Å². The quantitative estimate of drug-likeness (QED) is 0.411. The fraction of sp³-hybridized carbons (Fsp3) is 0.615. The number of carbonyl (C=O) groups is 1. The number of allylic oxidation sites excluding steroid dienone is 1. The van der Waals surface area contributed by atoms with Crippen molar-refractivity contribution in [3.8, 4) is 0 Å². The lowest BCUT2D eigenvalue weighted by atomic mass is 9.96. The first-order valence-corrected chi connectivity index (χ1v) is 5.62. The summed E-state index contributed by atoms with van der Waals surface area (Å²) in [6.45, 7) is 7.93. The average molecular weight is 225 g/mol. The summed E-state index contributed by atoms with van der Waals surface area (Å²) in [6.07, 6.45) is 6.18. The third-order valence-corrected chi connectivity index (χ3v) is 2.60. The molecule has 92 valence electrons. The molecule has 16 heavy (non-hydrogen) atoms. The van der Waals surface area contributed by atoms with Gasteiger partial charge in [0.25, 0.3) is 0 Å². The molecule has 0 aliphatic rings. The van der Waals surface area contributed by atoms with E-state index in [0.29, 0.717) is 5.92 Å². The van der Waals surface area contributed by atoms with Crippen LogP contribution >= 0.6 is 0 Å². The largest absolute Gasteiger partial charge is 0.466 e. The van der Waals surface area contributed by atoms with Gasteiger partial charge in [-0.05, 0) is 32.1 Å². The molecule has 0 radical (unpaired) electrons. The van der Waals surface area contributed by atoms with E-state index in [-0.39, 0.29) is 12.0 Å². The molecule has 0 fully saturated rings. The molecule has 0 saturated heterocycles. The number of carbonyl (C=O) groups excluding carboxylic acids is 1. The van der Waals surface area contributed by atoms with Crippen LogP contribution in [-0.2, 0) is 9.53 Å². The summed E-state index contributed by atoms with van der Waals surface area (Å²) in [4.78, 5) is 10.8. The van der Waals surface area contributed by atoms with Crippen LogP contribution in [0.25, 0.3) is 0 Å². The fourth-order valence-corrected chi connectivity index (χ4v) is 1.29. The Morgan fingerprint density at radius 2 is 2.12 bits per heavy atom. The van der Waals surface area contributed by atoms with E-state index in [0.717, 1.165) is 24.8 Å². The van der Waals surface area contributed by atoms with Crippen LogP contribution in [0.1, 0.15) is 33.1 Å². The number of rotatable bonds is 7. The maximum Gasteiger partial charge on any atom is 0.330 e. The van der Waals surface area contributed by atoms with E-state index in [1.807, 2.05) is 13.0 Å². The molecule has 0 heterocycles. The van der Waals surface area contributed by atoms with Gasteiger partial charge in [0, 0.05) is 12.1 Å². The van der Waals surface area contributed by atoms with Crippen molar-refractivity contribution in [1.29, 1.82) is 0 Å². The van der Waals surface area contributed by atoms with Gasteiger partial charge in [-0.3, -0.25) is 0 Å². The van der Waals surface area contributed by atoms with E-state index in [1.165, 1.54) is 13.2 Å². The second kappa shape index (κ2) is 8.11. The zero-order valence-corrected chi connectivity index (χ0v) is 10.5. The van der Waals surface area contributed by atoms with Gasteiger partial charge in [0.1, 0.15) is 0 Å². The summed E-state index contributed by atoms with van der Waals surface area (Å²) >= 11 is 0. The van der Waals surface area contributed by atoms with Gasteiger partial charge in [-0.2, -0.15) is 0 Å². The van der Waals surface area contributed by atoms with Crippen molar-refractivity contribution in [2.75, 3.05) is 7.11 Å². The summed E-state index contributed by atoms with van der Waals surface area (Å²) in [5.41, 5.74) is 6.90. The lowest BCUT2D eigenvalue weighted by Gasteiger charge is -2.14. The number of ether oxygens (including phenoxy) is 1. The predicted octanol–water partition coefficient (Wildman–Crippen LogP) is 2.43. The third kappa shape index (κ3) is 7.23. The van der Waals surface area contributed by atoms with Crippen LogP contribution < -0.4 is 5.73 Å². The van der Waals surface area contributed by atoms with Crippen LogP contribution in [0.15, 0.2) is 24.3 Å². The van der Waals surface area contributed by atoms with E-state index >= 15 is 0 Å². The zero-order chi connectivity index (χ0) is 12.6. The molecule has 0 spiro atoms. The minimum atomic E-state index is -0.300. The zero-order valence-electron chi connectivity index (χ0n) is 10.5. The number of hydrogen-bond donors (Lipinski definition) is 1. The molecule has 0 aromatic carbocycles. The van der Waals surface area contributed by atoms with Gasteiger partial charge in [0.05, 0.1) is 7.11 Å². The van der Waals surface area contributed by atoms with E-state index in [2.05, 4.69) is 18.2 Å². The lowest BCUT2D eigenvalue weighted by Crippen LogP contribution is -2.21. The van der Waals surface area contributed by atoms with Crippen molar-refractivity contribution in [3.63, 3.8) is 0 Å². The molecular formula is C13H23NO2. The van der Waals surface area contributed by atoms with Gasteiger partial charge in [-0.25, -0.2) is 4.79 Å². The number of hydrogen-bond acceptors (Lipinski definition) is 3. The Kier molecular flexibility index (Phi) is 7.56. The SMILES string of the molecule is C=C(C)C(N)CCC(C)C/C=C/C(=O)OC. The molecule has 2 atom stereocenters. The van der Waals surface area contributed by atoms with Crippen LogP contribution in [-0.4, -0.2) is 19.1 Å². The number of methoxy groups -OCH3 is 1. The Labute approximate surface area is 98.4 Å². The molecule has 0 aromatic rings. The summed E-state index contributed by atoms with van der Waals surface area (Å²) in [5, 5.41) is 0. The molecule has 0 amide bonds. The predicted molar refractivity (Wildman–Crippen MR) is 67.0 cm³/mol. The first-order chi connectivity index (χ1) is 7.47. The molecule has 0 aliphatic carbocycles. The van der Waals surface area contributed by atoms with Crippen molar-refractivity contribution in [1.82, 2.24) is 0 Å². The highest BCUT2D eigenvalue weighted by molar-refractivity contribution is 5.81. The van der Waals surface area contributed by atoms with E-state index < -0.39 is 0 Å². The Bertz CT molecular complexity index is 259. The maximum atomic E-state index is 10.8. The summed E-state index contributed by atoms with van der Waals surface area (Å²) < 4.78 is 4.50. The van der Waals surface area contributed by atoms with Gasteiger partial charge in [0.2, 0.25) is 0 Å². The second-order valence-electron chi connectivity index (χ2n) is 4.30. The molecule has 0 rings (SSSR count). The molecule has 0 saturated carbocycles. The van der Waals surface area contributed by atoms with E-state index in [1.54, 1.807) is 0 Å². The summed E-state index contributed by atoms with van der Waals surface area (Å²) in [7, 11) is 1.38. The first-order valence-electron chi connectivity index (χ1n) is 5.62. The van der Waals surface area contributed by atoms with Crippen LogP contribution in [0, 0.1) is 5.92 Å². The topological polar surface area (TPSA) is 52.3 Å². The highest BCUT2D eigenvalue weighted by atomic mass is 16.5. The molecule has 0 aromatic heterocycles. The van der Waals surface area contributed by atoms with Gasteiger partial charge in [0.15, 0.2) is 0 Å². The minimum absolute atomic E-state index is 0.0898. The fourth-order valence-electron chi connectivity index (χ4n) is 1.29. The van der Waals surface area contributed by atoms with Crippen molar-refractivity contribution in [3.05, 3.63) is 24.3 Å². The molecule has 2 N–H and O–H groups in total. The summed E-state index contributed by atoms with van der Waals surface area (Å²) in [6, 6.07) is 0.0898. The van der Waals surface area contributed by atoms with Crippen molar-refractivity contribution in [2.45, 2.75) is 39.2 Å². The highest BCUT2D eigenvalue weighted by Gasteiger charge is 2.06. The monoisotopic (exact) mass is 225 g/mol. The summed E-state index contributed by atoms with van der Waals surface area (Å²) in [5.74, 6) is 0.220. The normalized spacial score (nSPS) is 14.8. The molecule has 3 nitrogen and oxygen atoms in total. The van der Waals surface area contributed by atoms with Crippen LogP contribution in [0.3, 0.4) is 0 Å². The minimum Gasteiger partial charge on any atom is -0.466 e. The Balaban J connectivity index is 3.74. The smallest absolute Gasteiger partial charge is 0.330 e. The number of esters is 1. The number of nitrogens with two attached hydrogens (primary N) is 1. The Morgan fingerprint density at radius 1 is 1.50 bits per heavy atom. The van der Waals surface area contributed by atoms with Crippen LogP contribution in [0.5, 0.6) is 0 Å². The third-order valence-electron chi connectivity index (χ3n) is 2.60. The standard InChI is InChI=1S/C13H23NO2/c1-10(2)12(14)9-8-11(3)6-5-7-13(15)16-4/h5,7,11-12H,1,6,8-9,14H2,2-4H3/b7-5+. The molecular weight excluding hydrogens is 202 g/mol. The van der Waals surface area contributed by atoms with Gasteiger partial charge >= 0.3 is 5.97 Å². The first kappa shape index (κ1) is 14.9. The van der Waals surface area contributed by atoms with Gasteiger partial charge < -0.3 is 10.5 Å². The van der Waals surface area contributed by atoms with Crippen LogP contribution in [0.2, 0.25) is 0 Å². The molecule has 2 unspecified atom stereocenters. The van der Waals surface area contributed by atoms with Gasteiger partial charge in [-0.15, -0.1) is 0 Å². The molecule has 0 aliphatic heterocycles. The lowest BCUT2D eigenvalue weighted by molar-refractivity contribution is -0.134. The van der Waals surface area contributed by atoms with Crippen LogP contribution in [0.4, 0.5) is 0 Å². The molecule has 3 heteroatoms. The average Bonchev–Trinajstić information content (AvgIpc) is 2.25. The van der Waals surface area contributed by atoms with Gasteiger partial charge in [-0.1, -0.05) is 25.2 Å². The van der Waals surface area contributed by atoms with Crippen molar-refractivity contribution >= 4 is 5.97 Å². The highest BCUT2D eigenvalue weighted by Crippen LogP contribution is 2.14. The maximum absolute atomic E-state index is 10.8. The molecule has 0 bridgehead atoms. The Hall–Kier alpha value is -1.09. The van der Waals surface area contributed by atoms with Crippen molar-refractivity contribution in [2.24, 2.45) is 11.7 Å². The van der Waals surface area contributed by atoms with E-state index in [9.17, 15) is 4.79 Å². The second-order valence-corrected chi connectivity index (χ2v) is 4.30. The Morgan fingerprint density at radius 3 is 2.62 bits per heavy atom. The van der Waals surface area contributed by atoms with E-state index in [4.69, 9.17) is 5.73 Å².